The molecule has 2 aliphatic rings. The summed E-state index contributed by atoms with van der Waals surface area (Å²) in [5.74, 6) is -0.288. The van der Waals surface area contributed by atoms with Crippen LogP contribution in [0, 0.1) is 5.92 Å². The van der Waals surface area contributed by atoms with Gasteiger partial charge in [-0.3, -0.25) is 0 Å². The number of likely N-dealkylation sites (tertiary alicyclic amines) is 1. The Labute approximate surface area is 131 Å². The summed E-state index contributed by atoms with van der Waals surface area (Å²) in [5, 5.41) is 3.00. The van der Waals surface area contributed by atoms with Crippen LogP contribution >= 0.6 is 0 Å². The molecule has 0 spiro atoms. The van der Waals surface area contributed by atoms with Crippen molar-refractivity contribution in [3.8, 4) is 0 Å². The zero-order valence-corrected chi connectivity index (χ0v) is 13.4. The molecule has 3 heterocycles. The van der Waals surface area contributed by atoms with Crippen LogP contribution in [-0.2, 0) is 23.1 Å². The van der Waals surface area contributed by atoms with Crippen LogP contribution < -0.4 is 5.32 Å². The summed E-state index contributed by atoms with van der Waals surface area (Å²) < 4.78 is 13.5. The lowest BCUT2D eigenvalue weighted by Gasteiger charge is -2.39. The molecule has 0 bridgehead atoms. The number of aryl methyl sites for hydroxylation is 1. The molecule has 0 saturated carbocycles. The zero-order valence-electron chi connectivity index (χ0n) is 13.4. The molecular weight excluding hydrogens is 282 g/mol. The average Bonchev–Trinajstić information content (AvgIpc) is 3.14. The van der Waals surface area contributed by atoms with E-state index >= 15 is 0 Å². The Balaban J connectivity index is 1.53. The first kappa shape index (κ1) is 15.4. The standard InChI is InChI=1S/C16H25N3O3/c1-16(21-8-9-22-16)14-4-3-6-19(12-14)15(20)17-10-13-5-7-18(2)11-13/h5,7,11,14H,3-4,6,8-10,12H2,1-2H3,(H,17,20)/t14-/m0/s1. The van der Waals surface area contributed by atoms with Crippen LogP contribution in [0.25, 0.3) is 0 Å². The minimum atomic E-state index is -0.529. The number of carbonyl (C=O) groups excluding carboxylic acids is 1. The smallest absolute Gasteiger partial charge is 0.317 e. The molecule has 1 atom stereocenters. The molecular formula is C16H25N3O3. The second-order valence-electron chi connectivity index (χ2n) is 6.34. The molecule has 0 unspecified atom stereocenters. The fourth-order valence-electron chi connectivity index (χ4n) is 3.31. The number of hydrogen-bond donors (Lipinski definition) is 1. The molecule has 122 valence electrons. The van der Waals surface area contributed by atoms with E-state index in [1.54, 1.807) is 0 Å². The number of rotatable bonds is 3. The third-order valence-electron chi connectivity index (χ3n) is 4.65. The number of nitrogens with one attached hydrogen (secondary N) is 1. The summed E-state index contributed by atoms with van der Waals surface area (Å²) in [7, 11) is 1.98. The van der Waals surface area contributed by atoms with Crippen LogP contribution in [-0.4, -0.2) is 47.6 Å². The van der Waals surface area contributed by atoms with E-state index in [2.05, 4.69) is 5.32 Å². The van der Waals surface area contributed by atoms with Gasteiger partial charge < -0.3 is 24.3 Å². The van der Waals surface area contributed by atoms with Crippen molar-refractivity contribution in [2.75, 3.05) is 26.3 Å². The van der Waals surface area contributed by atoms with Gasteiger partial charge in [0.25, 0.3) is 0 Å². The third-order valence-corrected chi connectivity index (χ3v) is 4.65. The van der Waals surface area contributed by atoms with E-state index in [0.29, 0.717) is 26.3 Å². The monoisotopic (exact) mass is 307 g/mol. The van der Waals surface area contributed by atoms with Crippen LogP contribution in [0.15, 0.2) is 18.5 Å². The van der Waals surface area contributed by atoms with E-state index in [1.165, 1.54) is 0 Å². The number of carbonyl (C=O) groups is 1. The fraction of sp³-hybridized carbons (Fsp3) is 0.688. The molecule has 0 aliphatic carbocycles. The van der Waals surface area contributed by atoms with Gasteiger partial charge in [0, 0.05) is 45.0 Å². The lowest BCUT2D eigenvalue weighted by Crippen LogP contribution is -2.51. The van der Waals surface area contributed by atoms with Gasteiger partial charge in [-0.05, 0) is 31.4 Å². The quantitative estimate of drug-likeness (QED) is 0.925. The van der Waals surface area contributed by atoms with E-state index in [0.717, 1.165) is 24.9 Å². The van der Waals surface area contributed by atoms with Crippen molar-refractivity contribution in [2.45, 2.75) is 32.1 Å². The van der Waals surface area contributed by atoms with Gasteiger partial charge in [-0.2, -0.15) is 0 Å². The summed E-state index contributed by atoms with van der Waals surface area (Å²) in [5.41, 5.74) is 1.11. The second kappa shape index (κ2) is 6.30. The van der Waals surface area contributed by atoms with Crippen LogP contribution in [0.2, 0.25) is 0 Å². The van der Waals surface area contributed by atoms with E-state index in [-0.39, 0.29) is 11.9 Å². The topological polar surface area (TPSA) is 55.7 Å². The van der Waals surface area contributed by atoms with Gasteiger partial charge in [0.05, 0.1) is 13.2 Å². The first-order valence-corrected chi connectivity index (χ1v) is 7.98. The number of aromatic nitrogens is 1. The highest BCUT2D eigenvalue weighted by Crippen LogP contribution is 2.34. The number of amides is 2. The number of urea groups is 1. The summed E-state index contributed by atoms with van der Waals surface area (Å²) in [4.78, 5) is 14.3. The molecule has 1 aromatic heterocycles. The maximum atomic E-state index is 12.4. The largest absolute Gasteiger partial charge is 0.357 e. The minimum Gasteiger partial charge on any atom is -0.357 e. The first-order valence-electron chi connectivity index (χ1n) is 7.98. The Morgan fingerprint density at radius 2 is 2.23 bits per heavy atom. The van der Waals surface area contributed by atoms with Crippen LogP contribution in [0.3, 0.4) is 0 Å². The molecule has 22 heavy (non-hydrogen) atoms. The Morgan fingerprint density at radius 3 is 2.91 bits per heavy atom. The molecule has 6 nitrogen and oxygen atoms in total. The van der Waals surface area contributed by atoms with Crippen molar-refractivity contribution >= 4 is 6.03 Å². The van der Waals surface area contributed by atoms with E-state index < -0.39 is 5.79 Å². The summed E-state index contributed by atoms with van der Waals surface area (Å²) >= 11 is 0. The summed E-state index contributed by atoms with van der Waals surface area (Å²) in [6.07, 6.45) is 6.03. The average molecular weight is 307 g/mol. The fourth-order valence-corrected chi connectivity index (χ4v) is 3.31. The highest BCUT2D eigenvalue weighted by atomic mass is 16.7. The van der Waals surface area contributed by atoms with Gasteiger partial charge in [0.2, 0.25) is 0 Å². The third kappa shape index (κ3) is 3.28. The highest BCUT2D eigenvalue weighted by molar-refractivity contribution is 5.74. The van der Waals surface area contributed by atoms with Gasteiger partial charge in [-0.15, -0.1) is 0 Å². The maximum Gasteiger partial charge on any atom is 0.317 e. The van der Waals surface area contributed by atoms with Gasteiger partial charge in [0.15, 0.2) is 5.79 Å². The molecule has 2 saturated heterocycles. The number of piperidine rings is 1. The van der Waals surface area contributed by atoms with Crippen LogP contribution in [0.5, 0.6) is 0 Å². The molecule has 1 N–H and O–H groups in total. The maximum absolute atomic E-state index is 12.4. The number of nitrogens with zero attached hydrogens (tertiary/aromatic N) is 2. The minimum absolute atomic E-state index is 0.00449. The predicted molar refractivity (Wildman–Crippen MR) is 82.3 cm³/mol. The SMILES string of the molecule is Cn1ccc(CNC(=O)N2CCC[C@H](C3(C)OCCO3)C2)c1. The predicted octanol–water partition coefficient (Wildman–Crippen LogP) is 1.71. The van der Waals surface area contributed by atoms with Crippen LogP contribution in [0.1, 0.15) is 25.3 Å². The van der Waals surface area contributed by atoms with Gasteiger partial charge >= 0.3 is 6.03 Å². The van der Waals surface area contributed by atoms with Crippen molar-refractivity contribution in [3.63, 3.8) is 0 Å². The second-order valence-corrected chi connectivity index (χ2v) is 6.34. The van der Waals surface area contributed by atoms with Gasteiger partial charge in [0.1, 0.15) is 0 Å². The van der Waals surface area contributed by atoms with Crippen molar-refractivity contribution in [1.82, 2.24) is 14.8 Å². The number of hydrogen-bond acceptors (Lipinski definition) is 3. The molecule has 0 radical (unpaired) electrons. The van der Waals surface area contributed by atoms with Crippen molar-refractivity contribution in [1.29, 1.82) is 0 Å². The Kier molecular flexibility index (Phi) is 4.40. The molecule has 1 aromatic rings. The molecule has 3 rings (SSSR count). The highest BCUT2D eigenvalue weighted by Gasteiger charge is 2.42. The molecule has 6 heteroatoms. The summed E-state index contributed by atoms with van der Waals surface area (Å²) in [6, 6.07) is 2.01. The van der Waals surface area contributed by atoms with Crippen molar-refractivity contribution in [2.24, 2.45) is 13.0 Å². The number of ether oxygens (including phenoxy) is 2. The Morgan fingerprint density at radius 1 is 1.45 bits per heavy atom. The molecule has 2 aliphatic heterocycles. The van der Waals surface area contributed by atoms with Gasteiger partial charge in [-0.25, -0.2) is 4.79 Å². The lowest BCUT2D eigenvalue weighted by molar-refractivity contribution is -0.189. The normalized spacial score (nSPS) is 24.5. The van der Waals surface area contributed by atoms with E-state index in [4.69, 9.17) is 9.47 Å². The molecule has 2 amide bonds. The Bertz CT molecular complexity index is 522. The molecule has 0 aromatic carbocycles. The van der Waals surface area contributed by atoms with E-state index in [9.17, 15) is 4.79 Å². The van der Waals surface area contributed by atoms with E-state index in [1.807, 2.05) is 41.9 Å². The zero-order chi connectivity index (χ0) is 15.6. The van der Waals surface area contributed by atoms with Crippen molar-refractivity contribution in [3.05, 3.63) is 24.0 Å². The summed E-state index contributed by atoms with van der Waals surface area (Å²) in [6.45, 7) is 5.34. The van der Waals surface area contributed by atoms with Crippen molar-refractivity contribution < 1.29 is 14.3 Å². The van der Waals surface area contributed by atoms with Crippen LogP contribution in [0.4, 0.5) is 4.79 Å². The Hall–Kier alpha value is -1.53. The van der Waals surface area contributed by atoms with Gasteiger partial charge in [-0.1, -0.05) is 0 Å². The molecule has 2 fully saturated rings. The first-order chi connectivity index (χ1) is 10.6. The lowest BCUT2D eigenvalue weighted by atomic mass is 9.90.